The summed E-state index contributed by atoms with van der Waals surface area (Å²) >= 11 is 0. The van der Waals surface area contributed by atoms with Gasteiger partial charge in [-0.05, 0) is 44.2 Å². The van der Waals surface area contributed by atoms with Crippen molar-refractivity contribution in [2.24, 2.45) is 5.92 Å². The first-order valence-electron chi connectivity index (χ1n) is 8.68. The maximum Gasteiger partial charge on any atom is 0.237 e. The average Bonchev–Trinajstić information content (AvgIpc) is 3.17. The van der Waals surface area contributed by atoms with Crippen molar-refractivity contribution in [3.8, 4) is 0 Å². The zero-order chi connectivity index (χ0) is 15.8. The zero-order valence-corrected chi connectivity index (χ0v) is 16.0. The van der Waals surface area contributed by atoms with Gasteiger partial charge in [0.15, 0.2) is 0 Å². The molecule has 1 aliphatic heterocycles. The summed E-state index contributed by atoms with van der Waals surface area (Å²) in [6, 6.07) is 6.58. The van der Waals surface area contributed by atoms with E-state index < -0.39 is 0 Å². The molecule has 7 heteroatoms. The van der Waals surface area contributed by atoms with Gasteiger partial charge in [-0.15, -0.1) is 24.8 Å². The zero-order valence-electron chi connectivity index (χ0n) is 14.4. The lowest BCUT2D eigenvalue weighted by molar-refractivity contribution is -0.123. The van der Waals surface area contributed by atoms with E-state index in [1.807, 2.05) is 18.3 Å². The number of carbonyl (C=O) groups excluding carboxylic acids is 1. The van der Waals surface area contributed by atoms with Crippen LogP contribution in [0.5, 0.6) is 0 Å². The molecule has 0 spiro atoms. The van der Waals surface area contributed by atoms with E-state index in [1.54, 1.807) is 0 Å². The molecule has 0 aromatic carbocycles. The molecule has 1 amide bonds. The van der Waals surface area contributed by atoms with E-state index in [2.05, 4.69) is 33.0 Å². The van der Waals surface area contributed by atoms with Crippen LogP contribution in [0, 0.1) is 12.8 Å². The highest BCUT2D eigenvalue weighted by atomic mass is 35.5. The van der Waals surface area contributed by atoms with Crippen molar-refractivity contribution >= 4 is 36.4 Å². The Morgan fingerprint density at radius 3 is 2.88 bits per heavy atom. The Labute approximate surface area is 160 Å². The highest BCUT2D eigenvalue weighted by Gasteiger charge is 2.38. The third kappa shape index (κ3) is 4.10. The third-order valence-corrected chi connectivity index (χ3v) is 5.37. The van der Waals surface area contributed by atoms with Gasteiger partial charge in [-0.2, -0.15) is 0 Å². The molecule has 5 nitrogen and oxygen atoms in total. The Bertz CT molecular complexity index is 719. The van der Waals surface area contributed by atoms with Gasteiger partial charge < -0.3 is 15.0 Å². The first kappa shape index (κ1) is 20.0. The molecule has 3 heterocycles. The van der Waals surface area contributed by atoms with Crippen LogP contribution >= 0.6 is 24.8 Å². The Kier molecular flexibility index (Phi) is 6.72. The number of amides is 1. The Balaban J connectivity index is 0.00000113. The molecule has 4 rings (SSSR count). The van der Waals surface area contributed by atoms with Gasteiger partial charge in [0.05, 0.1) is 18.3 Å². The molecule has 2 fully saturated rings. The van der Waals surface area contributed by atoms with Gasteiger partial charge in [0, 0.05) is 17.9 Å². The summed E-state index contributed by atoms with van der Waals surface area (Å²) in [5.74, 6) is 0.811. The van der Waals surface area contributed by atoms with Gasteiger partial charge in [-0.3, -0.25) is 4.79 Å². The SMILES string of the molecule is Cc1cccc2nc(CNC(=O)C3CC4CCCCC4N3)cn12.Cl.Cl. The number of imidazole rings is 1. The number of hydrogen-bond acceptors (Lipinski definition) is 3. The number of pyridine rings is 1. The number of carbonyl (C=O) groups is 1. The molecule has 1 aliphatic carbocycles. The van der Waals surface area contributed by atoms with E-state index in [0.29, 0.717) is 18.5 Å². The highest BCUT2D eigenvalue weighted by Crippen LogP contribution is 2.33. The number of aromatic nitrogens is 2. The van der Waals surface area contributed by atoms with Crippen molar-refractivity contribution < 1.29 is 4.79 Å². The van der Waals surface area contributed by atoms with E-state index in [9.17, 15) is 4.79 Å². The predicted molar refractivity (Wildman–Crippen MR) is 104 cm³/mol. The fourth-order valence-electron chi connectivity index (χ4n) is 4.11. The van der Waals surface area contributed by atoms with Crippen LogP contribution in [0.25, 0.3) is 5.65 Å². The van der Waals surface area contributed by atoms with Crippen LogP contribution < -0.4 is 10.6 Å². The Morgan fingerprint density at radius 2 is 2.12 bits per heavy atom. The number of aryl methyl sites for hydroxylation is 1. The van der Waals surface area contributed by atoms with Crippen LogP contribution in [0.4, 0.5) is 0 Å². The molecule has 1 saturated heterocycles. The quantitative estimate of drug-likeness (QED) is 0.854. The van der Waals surface area contributed by atoms with Crippen LogP contribution in [0.2, 0.25) is 0 Å². The first-order valence-corrected chi connectivity index (χ1v) is 8.68. The number of nitrogens with zero attached hydrogens (tertiary/aromatic N) is 2. The fourth-order valence-corrected chi connectivity index (χ4v) is 4.11. The third-order valence-electron chi connectivity index (χ3n) is 5.37. The summed E-state index contributed by atoms with van der Waals surface area (Å²) in [4.78, 5) is 17.0. The summed E-state index contributed by atoms with van der Waals surface area (Å²) in [5.41, 5.74) is 2.98. The summed E-state index contributed by atoms with van der Waals surface area (Å²) < 4.78 is 2.06. The first-order chi connectivity index (χ1) is 11.2. The topological polar surface area (TPSA) is 58.4 Å². The minimum Gasteiger partial charge on any atom is -0.349 e. The molecule has 25 heavy (non-hydrogen) atoms. The molecule has 0 radical (unpaired) electrons. The Hall–Kier alpha value is -1.30. The van der Waals surface area contributed by atoms with Gasteiger partial charge >= 0.3 is 0 Å². The fraction of sp³-hybridized carbons (Fsp3) is 0.556. The van der Waals surface area contributed by atoms with Crippen molar-refractivity contribution in [3.05, 3.63) is 35.8 Å². The number of halogens is 2. The lowest BCUT2D eigenvalue weighted by Crippen LogP contribution is -2.42. The lowest BCUT2D eigenvalue weighted by Gasteiger charge is -2.24. The van der Waals surface area contributed by atoms with Gasteiger partial charge in [-0.1, -0.05) is 18.9 Å². The van der Waals surface area contributed by atoms with E-state index in [1.165, 1.54) is 25.7 Å². The van der Waals surface area contributed by atoms with Gasteiger partial charge in [0.2, 0.25) is 5.91 Å². The second-order valence-corrected chi connectivity index (χ2v) is 6.95. The number of rotatable bonds is 3. The predicted octanol–water partition coefficient (Wildman–Crippen LogP) is 3.02. The monoisotopic (exact) mass is 384 g/mol. The van der Waals surface area contributed by atoms with Crippen LogP contribution in [0.3, 0.4) is 0 Å². The molecule has 3 atom stereocenters. The van der Waals surface area contributed by atoms with Crippen molar-refractivity contribution in [1.82, 2.24) is 20.0 Å². The maximum absolute atomic E-state index is 12.4. The minimum atomic E-state index is -0.0260. The van der Waals surface area contributed by atoms with E-state index in [0.717, 1.165) is 23.5 Å². The second-order valence-electron chi connectivity index (χ2n) is 6.95. The largest absolute Gasteiger partial charge is 0.349 e. The molecular weight excluding hydrogens is 359 g/mol. The molecule has 2 aromatic heterocycles. The van der Waals surface area contributed by atoms with E-state index >= 15 is 0 Å². The summed E-state index contributed by atoms with van der Waals surface area (Å²) in [5, 5.41) is 6.58. The van der Waals surface area contributed by atoms with Crippen molar-refractivity contribution in [2.45, 2.75) is 57.7 Å². The maximum atomic E-state index is 12.4. The highest BCUT2D eigenvalue weighted by molar-refractivity contribution is 5.85. The van der Waals surface area contributed by atoms with Gasteiger partial charge in [0.25, 0.3) is 0 Å². The van der Waals surface area contributed by atoms with E-state index in [-0.39, 0.29) is 36.8 Å². The molecular formula is C18H26Cl2N4O. The molecule has 0 bridgehead atoms. The summed E-state index contributed by atoms with van der Waals surface area (Å²) in [6.07, 6.45) is 8.10. The normalized spacial score (nSPS) is 24.9. The van der Waals surface area contributed by atoms with Crippen molar-refractivity contribution in [1.29, 1.82) is 0 Å². The second kappa shape index (κ2) is 8.39. The van der Waals surface area contributed by atoms with Crippen LogP contribution in [0.15, 0.2) is 24.4 Å². The van der Waals surface area contributed by atoms with Crippen LogP contribution in [0.1, 0.15) is 43.5 Å². The van der Waals surface area contributed by atoms with Gasteiger partial charge in [-0.25, -0.2) is 4.98 Å². The number of hydrogen-bond donors (Lipinski definition) is 2. The Morgan fingerprint density at radius 1 is 1.32 bits per heavy atom. The molecule has 3 unspecified atom stereocenters. The molecule has 138 valence electrons. The molecule has 2 aliphatic rings. The van der Waals surface area contributed by atoms with Gasteiger partial charge in [0.1, 0.15) is 5.65 Å². The molecule has 2 N–H and O–H groups in total. The summed E-state index contributed by atoms with van der Waals surface area (Å²) in [6.45, 7) is 2.55. The number of nitrogens with one attached hydrogen (secondary N) is 2. The van der Waals surface area contributed by atoms with E-state index in [4.69, 9.17) is 0 Å². The molecule has 2 aromatic rings. The van der Waals surface area contributed by atoms with Crippen LogP contribution in [-0.4, -0.2) is 27.4 Å². The minimum absolute atomic E-state index is 0. The van der Waals surface area contributed by atoms with Crippen molar-refractivity contribution in [3.63, 3.8) is 0 Å². The standard InChI is InChI=1S/C18H24N4O.2ClH/c1-12-5-4-8-17-20-14(11-22(12)17)10-19-18(23)16-9-13-6-2-3-7-15(13)21-16;;/h4-5,8,11,13,15-16,21H,2-3,6-7,9-10H2,1H3,(H,19,23);2*1H. The average molecular weight is 385 g/mol. The molecule has 1 saturated carbocycles. The lowest BCUT2D eigenvalue weighted by atomic mass is 9.85. The van der Waals surface area contributed by atoms with Crippen molar-refractivity contribution in [2.75, 3.05) is 0 Å². The smallest absolute Gasteiger partial charge is 0.237 e. The number of fused-ring (bicyclic) bond motifs is 2. The van der Waals surface area contributed by atoms with Crippen LogP contribution in [-0.2, 0) is 11.3 Å². The summed E-state index contributed by atoms with van der Waals surface area (Å²) in [7, 11) is 0.